The number of hydrogen-bond donors (Lipinski definition) is 0. The molecule has 0 radical (unpaired) electrons. The maximum absolute atomic E-state index is 12.8. The van der Waals surface area contributed by atoms with Crippen molar-refractivity contribution in [3.8, 4) is 45.0 Å². The van der Waals surface area contributed by atoms with Crippen LogP contribution in [0.25, 0.3) is 112 Å². The van der Waals surface area contributed by atoms with E-state index in [0.29, 0.717) is 85.7 Å². The Hall–Kier alpha value is -12.9. The van der Waals surface area contributed by atoms with Gasteiger partial charge in [-0.2, -0.15) is 19.9 Å². The molecular weight excluding hydrogens is 1490 g/mol. The van der Waals surface area contributed by atoms with Gasteiger partial charge in [-0.15, -0.1) is 0 Å². The Labute approximate surface area is 677 Å². The van der Waals surface area contributed by atoms with Gasteiger partial charge in [0.2, 0.25) is 28.6 Å². The van der Waals surface area contributed by atoms with Crippen LogP contribution in [-0.2, 0) is 0 Å². The van der Waals surface area contributed by atoms with Crippen LogP contribution in [0.5, 0.6) is 0 Å². The third kappa shape index (κ3) is 15.8. The maximum atomic E-state index is 12.8. The minimum Gasteiger partial charge on any atom is -0.403 e. The number of aromatic nitrogens is 14. The minimum atomic E-state index is -0.446. The van der Waals surface area contributed by atoms with Gasteiger partial charge in [-0.3, -0.25) is 14.3 Å². The Bertz CT molecular complexity index is 6440. The molecule has 5 aliphatic rings. The van der Waals surface area contributed by atoms with E-state index in [-0.39, 0.29) is 0 Å². The van der Waals surface area contributed by atoms with Gasteiger partial charge in [0.1, 0.15) is 34.6 Å². The number of imidazole rings is 4. The number of anilines is 4. The second-order valence-corrected chi connectivity index (χ2v) is 31.0. The summed E-state index contributed by atoms with van der Waals surface area (Å²) < 4.78 is 29.9. The van der Waals surface area contributed by atoms with Crippen molar-refractivity contribution in [1.82, 2.24) is 87.0 Å². The lowest BCUT2D eigenvalue weighted by Crippen LogP contribution is -2.44. The molecule has 5 aliphatic heterocycles. The summed E-state index contributed by atoms with van der Waals surface area (Å²) >= 11 is 0. The number of pyridine rings is 6. The molecule has 2 atom stereocenters. The zero-order chi connectivity index (χ0) is 80.8. The van der Waals surface area contributed by atoms with Crippen LogP contribution in [0.15, 0.2) is 202 Å². The third-order valence-corrected chi connectivity index (χ3v) is 23.3. The summed E-state index contributed by atoms with van der Waals surface area (Å²) in [5, 5.41) is 3.16. The number of fused-ring (bicyclic) bond motifs is 10. The van der Waals surface area contributed by atoms with Gasteiger partial charge >= 0.3 is 22.5 Å². The summed E-state index contributed by atoms with van der Waals surface area (Å²) in [4.78, 5) is 115. The number of hydrogen-bond acceptors (Lipinski definition) is 26. The van der Waals surface area contributed by atoms with E-state index >= 15 is 0 Å². The smallest absolute Gasteiger partial charge is 0.347 e. The first-order chi connectivity index (χ1) is 57.5. The monoisotopic (exact) mass is 1580 g/mol. The van der Waals surface area contributed by atoms with Crippen LogP contribution in [0.3, 0.4) is 0 Å². The lowest BCUT2D eigenvalue weighted by atomic mass is 10.2. The van der Waals surface area contributed by atoms with E-state index in [1.54, 1.807) is 22.9 Å². The van der Waals surface area contributed by atoms with Crippen LogP contribution in [0.2, 0.25) is 0 Å². The predicted molar refractivity (Wildman–Crippen MR) is 457 cm³/mol. The topological polar surface area (TPSA) is 293 Å². The van der Waals surface area contributed by atoms with E-state index in [9.17, 15) is 19.2 Å². The Morgan fingerprint density at radius 2 is 0.839 bits per heavy atom. The van der Waals surface area contributed by atoms with Crippen LogP contribution in [0, 0.1) is 20.8 Å². The van der Waals surface area contributed by atoms with Gasteiger partial charge in [0, 0.05) is 161 Å². The first-order valence-electron chi connectivity index (χ1n) is 40.7. The lowest BCUT2D eigenvalue weighted by molar-refractivity contribution is 0.292. The van der Waals surface area contributed by atoms with Crippen molar-refractivity contribution in [2.24, 2.45) is 0 Å². The number of aryl methyl sites for hydroxylation is 3. The summed E-state index contributed by atoms with van der Waals surface area (Å²) in [6.07, 6.45) is 21.1. The first kappa shape index (κ1) is 76.4. The van der Waals surface area contributed by atoms with Gasteiger partial charge in [0.15, 0.2) is 5.65 Å². The molecule has 0 spiro atoms. The van der Waals surface area contributed by atoms with Gasteiger partial charge in [-0.05, 0) is 195 Å². The molecule has 0 saturated carbocycles. The Morgan fingerprint density at radius 3 is 1.31 bits per heavy atom. The summed E-state index contributed by atoms with van der Waals surface area (Å²) in [5.41, 5.74) is 8.98. The van der Waals surface area contributed by atoms with Gasteiger partial charge in [-0.1, -0.05) is 32.9 Å². The van der Waals surface area contributed by atoms with Crippen LogP contribution in [0.4, 0.5) is 23.3 Å². The molecule has 0 unspecified atom stereocenters. The zero-order valence-corrected chi connectivity index (χ0v) is 67.2. The second kappa shape index (κ2) is 32.6. The highest BCUT2D eigenvalue weighted by Gasteiger charge is 2.42. The van der Waals surface area contributed by atoms with Gasteiger partial charge in [0.25, 0.3) is 0 Å². The normalized spacial score (nSPS) is 17.2. The fourth-order valence-electron chi connectivity index (χ4n) is 16.7. The van der Waals surface area contributed by atoms with E-state index in [1.807, 2.05) is 180 Å². The average Bonchev–Trinajstić information content (AvgIpc) is 1.59. The van der Waals surface area contributed by atoms with Crippen molar-refractivity contribution in [3.63, 3.8) is 0 Å². The zero-order valence-electron chi connectivity index (χ0n) is 67.2. The average molecular weight is 1590 g/mol. The Balaban J connectivity index is 0.000000108. The van der Waals surface area contributed by atoms with Gasteiger partial charge in [-0.25, -0.2) is 44.1 Å². The first-order valence-corrected chi connectivity index (χ1v) is 40.7. The molecule has 0 N–H and O–H groups in total. The summed E-state index contributed by atoms with van der Waals surface area (Å²) in [6, 6.07) is 35.8. The molecule has 21 rings (SSSR count). The molecule has 0 aromatic carbocycles. The fourth-order valence-corrected chi connectivity index (χ4v) is 16.7. The van der Waals surface area contributed by atoms with E-state index in [0.717, 1.165) is 209 Å². The van der Waals surface area contributed by atoms with Crippen molar-refractivity contribution in [2.45, 2.75) is 79.3 Å². The number of likely N-dealkylation sites (N-methyl/N-ethyl adjacent to an activating group) is 4. The summed E-state index contributed by atoms with van der Waals surface area (Å²) in [6.45, 7) is 29.7. The van der Waals surface area contributed by atoms with Crippen LogP contribution in [0.1, 0.15) is 63.4 Å². The quantitative estimate of drug-likeness (QED) is 0.116. The molecule has 21 heterocycles. The molecule has 16 aromatic heterocycles. The fraction of sp³-hybridized carbons (Fsp3) is 0.341. The number of piperazine rings is 1. The van der Waals surface area contributed by atoms with Crippen LogP contribution >= 0.6 is 0 Å². The summed E-state index contributed by atoms with van der Waals surface area (Å²) in [7, 11) is 2.18. The molecule has 0 aliphatic carbocycles. The number of nitrogens with zero attached hydrogens (tertiary/aromatic N) is 22. The highest BCUT2D eigenvalue weighted by molar-refractivity contribution is 5.84. The molecule has 0 amide bonds. The predicted octanol–water partition coefficient (Wildman–Crippen LogP) is 11.2. The largest absolute Gasteiger partial charge is 0.403 e. The number of rotatable bonds is 11. The standard InChI is InChI=1S/C23H26N6O2.C22H21N5O2.C22H23N5O2.C21H22N6O2/c1-4-27-8-5-9-28(11-10-27)20-7-6-17-12-18(23(30)31-22(17)26-20)19-14-29-13-15(2)24-16(3)21(29)25-19;1-13-3-5-19-23-18(12-26(19)9-13)17-7-14-4-6-20(24-21(14)29-22(17)28)27-11-15-8-16(27)10-25(15)2;1-2-25-9-5-11-26(13-12-25)20-8-7-16-14-17(22(28)29-21(16)24-20)18-15-27-10-4-3-6-19(27)23-18;1-2-25-8-4-10-26(12-11-25)18-6-5-15-13-16(20(28)29-19(15)24-18)17-14-27-9-3-7-22-21(27)23-17/h6-7,12-14H,4-5,8-11H2,1-3H3;3-7,9,12,15-16H,8,10-11H2,1-2H3;3-4,6-8,10,14-15H,2,5,9,11-13H2,1H3;3,5-7,9,13-14H,2,4,8,10-12H2,1H3/t;15-,16-;;/m.0../s1. The molecule has 602 valence electrons. The molecule has 5 fully saturated rings. The molecule has 30 heteroatoms. The van der Waals surface area contributed by atoms with E-state index in [4.69, 9.17) is 17.7 Å². The minimum absolute atomic E-state index is 0.356. The van der Waals surface area contributed by atoms with E-state index in [2.05, 4.69) is 117 Å². The highest BCUT2D eigenvalue weighted by atomic mass is 16.4. The maximum Gasteiger partial charge on any atom is 0.347 e. The van der Waals surface area contributed by atoms with Crippen molar-refractivity contribution in [1.29, 1.82) is 0 Å². The van der Waals surface area contributed by atoms with Crippen LogP contribution in [-0.4, -0.2) is 217 Å². The molecular formula is C88H92N22O8. The molecule has 118 heavy (non-hydrogen) atoms. The molecule has 5 saturated heterocycles. The van der Waals surface area contributed by atoms with E-state index in [1.165, 1.54) is 6.42 Å². The SMILES string of the molecule is CCN1CCCN(c2ccc3cc(-c4cn5cc(C)nc(C)c5n4)c(=O)oc3n2)CC1.CCN1CCCN(c2ccc3cc(-c4cn5ccccc5n4)c(=O)oc3n2)CC1.CCN1CCCN(c2ccc3cc(-c4cn5cccnc5n4)c(=O)oc3n2)CC1.Cc1ccc2nc(-c3cc4ccc(N5C[C@@H]6C[C@H]5CN6C)nc4oc3=O)cn2c1. The lowest BCUT2D eigenvalue weighted by Gasteiger charge is -2.32. The highest BCUT2D eigenvalue weighted by Crippen LogP contribution is 2.35. The van der Waals surface area contributed by atoms with Gasteiger partial charge < -0.3 is 65.2 Å². The number of likely N-dealkylation sites (tertiary alicyclic amines) is 1. The van der Waals surface area contributed by atoms with Crippen molar-refractivity contribution < 1.29 is 17.7 Å². The molecule has 2 bridgehead atoms. The second-order valence-electron chi connectivity index (χ2n) is 31.0. The van der Waals surface area contributed by atoms with Crippen molar-refractivity contribution in [3.05, 3.63) is 224 Å². The van der Waals surface area contributed by atoms with E-state index < -0.39 is 22.5 Å². The van der Waals surface area contributed by atoms with Crippen LogP contribution < -0.4 is 42.1 Å². The van der Waals surface area contributed by atoms with Crippen molar-refractivity contribution in [2.75, 3.05) is 138 Å². The Morgan fingerprint density at radius 1 is 0.390 bits per heavy atom. The molecule has 16 aromatic rings. The van der Waals surface area contributed by atoms with Gasteiger partial charge in [0.05, 0.1) is 56.4 Å². The molecule has 30 nitrogen and oxygen atoms in total. The summed E-state index contributed by atoms with van der Waals surface area (Å²) in [5.74, 6) is 3.99. The Kier molecular flexibility index (Phi) is 21.1. The van der Waals surface area contributed by atoms with Crippen molar-refractivity contribution >= 4 is 90.4 Å². The third-order valence-electron chi connectivity index (χ3n) is 23.3.